The first-order chi connectivity index (χ1) is 9.07. The fourth-order valence-corrected chi connectivity index (χ4v) is 1.91. The lowest BCUT2D eigenvalue weighted by Gasteiger charge is -2.03. The third-order valence-corrected chi connectivity index (χ3v) is 3.05. The zero-order chi connectivity index (χ0) is 14.5. The molecule has 110 valence electrons. The molecule has 0 bridgehead atoms. The molecule has 0 aromatic carbocycles. The van der Waals surface area contributed by atoms with E-state index in [9.17, 15) is 9.59 Å². The van der Waals surface area contributed by atoms with Gasteiger partial charge in [-0.1, -0.05) is 57.6 Å². The summed E-state index contributed by atoms with van der Waals surface area (Å²) in [4.78, 5) is 21.3. The molecule has 0 aliphatic carbocycles. The molecule has 0 unspecified atom stereocenters. The van der Waals surface area contributed by atoms with E-state index in [0.717, 1.165) is 19.3 Å². The Balaban J connectivity index is 3.64. The summed E-state index contributed by atoms with van der Waals surface area (Å²) in [7, 11) is 0. The second-order valence-electron chi connectivity index (χ2n) is 4.88. The van der Waals surface area contributed by atoms with Gasteiger partial charge in [0, 0.05) is 0 Å². The lowest BCUT2D eigenvalue weighted by molar-refractivity contribution is -0.146. The van der Waals surface area contributed by atoms with Gasteiger partial charge in [-0.15, -0.1) is 0 Å². The first kappa shape index (κ1) is 17.7. The second kappa shape index (κ2) is 11.8. The maximum atomic E-state index is 10.8. The monoisotopic (exact) mass is 270 g/mol. The Kier molecular flexibility index (Phi) is 10.9. The molecule has 0 aromatic heterocycles. The Bertz CT molecular complexity index is 284. The summed E-state index contributed by atoms with van der Waals surface area (Å²) in [6, 6.07) is 0. The van der Waals surface area contributed by atoms with E-state index < -0.39 is 17.9 Å². The van der Waals surface area contributed by atoms with Crippen LogP contribution in [0.1, 0.15) is 64.7 Å². The normalized spacial score (nSPS) is 12.7. The minimum Gasteiger partial charge on any atom is -0.481 e. The minimum atomic E-state index is -1.08. The van der Waals surface area contributed by atoms with Crippen LogP contribution in [-0.4, -0.2) is 22.2 Å². The molecular formula is C15H26O4. The molecule has 0 aliphatic heterocycles. The fourth-order valence-electron chi connectivity index (χ4n) is 1.91. The molecule has 19 heavy (non-hydrogen) atoms. The van der Waals surface area contributed by atoms with Gasteiger partial charge in [-0.25, -0.2) is 0 Å². The number of carboxylic acid groups (broad SMARTS) is 2. The molecule has 0 amide bonds. The lowest BCUT2D eigenvalue weighted by Crippen LogP contribution is -2.15. The van der Waals surface area contributed by atoms with E-state index in [1.54, 1.807) is 6.08 Å². The number of hydrogen-bond donors (Lipinski definition) is 2. The van der Waals surface area contributed by atoms with E-state index in [0.29, 0.717) is 0 Å². The average Bonchev–Trinajstić information content (AvgIpc) is 2.34. The van der Waals surface area contributed by atoms with Crippen molar-refractivity contribution in [3.8, 4) is 0 Å². The Morgan fingerprint density at radius 1 is 1.00 bits per heavy atom. The summed E-state index contributed by atoms with van der Waals surface area (Å²) in [5.74, 6) is -3.05. The first-order valence-electron chi connectivity index (χ1n) is 7.19. The van der Waals surface area contributed by atoms with E-state index in [2.05, 4.69) is 6.92 Å². The van der Waals surface area contributed by atoms with Gasteiger partial charge in [-0.05, 0) is 12.8 Å². The van der Waals surface area contributed by atoms with E-state index in [1.807, 2.05) is 0 Å². The molecule has 2 N–H and O–H groups in total. The van der Waals surface area contributed by atoms with Crippen LogP contribution in [0, 0.1) is 5.92 Å². The third-order valence-electron chi connectivity index (χ3n) is 3.05. The van der Waals surface area contributed by atoms with Crippen LogP contribution in [0.4, 0.5) is 0 Å². The number of allylic oxidation sites excluding steroid dienone is 1. The smallest absolute Gasteiger partial charge is 0.310 e. The molecule has 0 spiro atoms. The van der Waals surface area contributed by atoms with Crippen LogP contribution in [-0.2, 0) is 9.59 Å². The molecule has 1 atom stereocenters. The van der Waals surface area contributed by atoms with Crippen molar-refractivity contribution < 1.29 is 19.8 Å². The molecule has 0 radical (unpaired) electrons. The molecule has 4 nitrogen and oxygen atoms in total. The minimum absolute atomic E-state index is 0.344. The predicted molar refractivity (Wildman–Crippen MR) is 75.1 cm³/mol. The van der Waals surface area contributed by atoms with Crippen LogP contribution in [0.25, 0.3) is 0 Å². The van der Waals surface area contributed by atoms with Crippen molar-refractivity contribution in [1.82, 2.24) is 0 Å². The summed E-state index contributed by atoms with van der Waals surface area (Å²) in [5, 5.41) is 17.4. The maximum Gasteiger partial charge on any atom is 0.310 e. The maximum absolute atomic E-state index is 10.8. The van der Waals surface area contributed by atoms with Crippen molar-refractivity contribution in [2.24, 2.45) is 5.92 Å². The Morgan fingerprint density at radius 2 is 1.58 bits per heavy atom. The van der Waals surface area contributed by atoms with E-state index in [4.69, 9.17) is 10.2 Å². The standard InChI is InChI=1S/C15H26O4/c1-2-3-4-5-6-7-8-9-10-11-13(15(18)19)12-14(16)17/h10-11,13H,2-9,12H2,1H3,(H,16,17)(H,18,19)/b11-10+/t13-/m0/s1. The van der Waals surface area contributed by atoms with Crippen LogP contribution < -0.4 is 0 Å². The lowest BCUT2D eigenvalue weighted by atomic mass is 10.0. The van der Waals surface area contributed by atoms with Gasteiger partial charge in [0.2, 0.25) is 0 Å². The van der Waals surface area contributed by atoms with Gasteiger partial charge in [0.05, 0.1) is 12.3 Å². The quantitative estimate of drug-likeness (QED) is 0.417. The molecule has 0 fully saturated rings. The van der Waals surface area contributed by atoms with Gasteiger partial charge in [-0.2, -0.15) is 0 Å². The number of hydrogen-bond acceptors (Lipinski definition) is 2. The van der Waals surface area contributed by atoms with Crippen molar-refractivity contribution in [2.45, 2.75) is 64.7 Å². The zero-order valence-electron chi connectivity index (χ0n) is 11.8. The van der Waals surface area contributed by atoms with Crippen LogP contribution in [0.2, 0.25) is 0 Å². The van der Waals surface area contributed by atoms with E-state index >= 15 is 0 Å². The van der Waals surface area contributed by atoms with Gasteiger partial charge >= 0.3 is 11.9 Å². The van der Waals surface area contributed by atoms with E-state index in [-0.39, 0.29) is 6.42 Å². The van der Waals surface area contributed by atoms with Crippen LogP contribution in [0.15, 0.2) is 12.2 Å². The van der Waals surface area contributed by atoms with Gasteiger partial charge < -0.3 is 10.2 Å². The van der Waals surface area contributed by atoms with Crippen molar-refractivity contribution in [1.29, 1.82) is 0 Å². The average molecular weight is 270 g/mol. The summed E-state index contributed by atoms with van der Waals surface area (Å²) < 4.78 is 0. The Labute approximate surface area is 115 Å². The van der Waals surface area contributed by atoms with Crippen molar-refractivity contribution in [2.75, 3.05) is 0 Å². The largest absolute Gasteiger partial charge is 0.481 e. The summed E-state index contributed by atoms with van der Waals surface area (Å²) in [6.45, 7) is 2.20. The van der Waals surface area contributed by atoms with Crippen molar-refractivity contribution in [3.63, 3.8) is 0 Å². The fraction of sp³-hybridized carbons (Fsp3) is 0.733. The molecule has 0 saturated heterocycles. The topological polar surface area (TPSA) is 74.6 Å². The van der Waals surface area contributed by atoms with Crippen LogP contribution >= 0.6 is 0 Å². The number of aliphatic carboxylic acids is 2. The second-order valence-corrected chi connectivity index (χ2v) is 4.88. The first-order valence-corrected chi connectivity index (χ1v) is 7.19. The number of carboxylic acids is 2. The highest BCUT2D eigenvalue weighted by Gasteiger charge is 2.17. The molecule has 0 heterocycles. The van der Waals surface area contributed by atoms with Gasteiger partial charge in [0.1, 0.15) is 0 Å². The number of unbranched alkanes of at least 4 members (excludes halogenated alkanes) is 7. The predicted octanol–water partition coefficient (Wildman–Crippen LogP) is 3.86. The number of carbonyl (C=O) groups is 2. The van der Waals surface area contributed by atoms with Gasteiger partial charge in [0.25, 0.3) is 0 Å². The summed E-state index contributed by atoms with van der Waals surface area (Å²) in [6.07, 6.45) is 12.3. The number of rotatable bonds is 12. The highest BCUT2D eigenvalue weighted by Crippen LogP contribution is 2.10. The van der Waals surface area contributed by atoms with Crippen molar-refractivity contribution in [3.05, 3.63) is 12.2 Å². The summed E-state index contributed by atoms with van der Waals surface area (Å²) >= 11 is 0. The molecular weight excluding hydrogens is 244 g/mol. The van der Waals surface area contributed by atoms with Gasteiger partial charge in [0.15, 0.2) is 0 Å². The Hall–Kier alpha value is -1.32. The third kappa shape index (κ3) is 11.5. The van der Waals surface area contributed by atoms with Crippen LogP contribution in [0.3, 0.4) is 0 Å². The molecule has 0 aliphatic rings. The zero-order valence-corrected chi connectivity index (χ0v) is 11.8. The van der Waals surface area contributed by atoms with Crippen molar-refractivity contribution >= 4 is 11.9 Å². The Morgan fingerprint density at radius 3 is 2.11 bits per heavy atom. The molecule has 0 saturated carbocycles. The summed E-state index contributed by atoms with van der Waals surface area (Å²) in [5.41, 5.74) is 0. The molecule has 0 rings (SSSR count). The van der Waals surface area contributed by atoms with Crippen LogP contribution in [0.5, 0.6) is 0 Å². The molecule has 4 heteroatoms. The SMILES string of the molecule is CCCCCCCCC/C=C/[C@@H](CC(=O)O)C(=O)O. The highest BCUT2D eigenvalue weighted by molar-refractivity contribution is 5.79. The van der Waals surface area contributed by atoms with E-state index in [1.165, 1.54) is 38.2 Å². The highest BCUT2D eigenvalue weighted by atomic mass is 16.4. The molecule has 0 aromatic rings. The van der Waals surface area contributed by atoms with Gasteiger partial charge in [-0.3, -0.25) is 9.59 Å².